The second-order valence-electron chi connectivity index (χ2n) is 8.83. The Hall–Kier alpha value is -4.46. The van der Waals surface area contributed by atoms with Crippen LogP contribution in [0.1, 0.15) is 22.7 Å². The predicted octanol–water partition coefficient (Wildman–Crippen LogP) is 4.40. The molecular formula is C29H30N2O6. The minimum atomic E-state index is -0.786. The molecule has 1 amide bonds. The van der Waals surface area contributed by atoms with Gasteiger partial charge in [0.15, 0.2) is 11.5 Å². The number of likely N-dealkylation sites (tertiary alicyclic amines) is 1. The fraction of sp³-hybridized carbons (Fsp3) is 0.241. The summed E-state index contributed by atoms with van der Waals surface area (Å²) in [6.07, 6.45) is 0. The lowest BCUT2D eigenvalue weighted by Gasteiger charge is -2.26. The summed E-state index contributed by atoms with van der Waals surface area (Å²) in [6.45, 7) is 0.178. The number of nitrogens with zero attached hydrogens (tertiary/aromatic N) is 2. The lowest BCUT2D eigenvalue weighted by Crippen LogP contribution is -2.29. The summed E-state index contributed by atoms with van der Waals surface area (Å²) < 4.78 is 15.9. The van der Waals surface area contributed by atoms with Gasteiger partial charge < -0.3 is 29.1 Å². The van der Waals surface area contributed by atoms with Crippen LogP contribution in [0.25, 0.3) is 5.76 Å². The molecule has 1 atom stereocenters. The Balaban J connectivity index is 1.84. The fourth-order valence-electron chi connectivity index (χ4n) is 4.41. The van der Waals surface area contributed by atoms with Crippen molar-refractivity contribution in [3.05, 3.63) is 89.0 Å². The molecule has 3 aromatic carbocycles. The van der Waals surface area contributed by atoms with Gasteiger partial charge in [0.2, 0.25) is 0 Å². The normalized spacial score (nSPS) is 16.6. The average molecular weight is 503 g/mol. The van der Waals surface area contributed by atoms with E-state index in [-0.39, 0.29) is 17.9 Å². The van der Waals surface area contributed by atoms with Crippen LogP contribution in [0, 0.1) is 0 Å². The summed E-state index contributed by atoms with van der Waals surface area (Å²) in [6, 6.07) is 18.9. The number of aliphatic hydroxyl groups excluding tert-OH is 1. The first-order valence-electron chi connectivity index (χ1n) is 11.7. The molecule has 0 aliphatic carbocycles. The lowest BCUT2D eigenvalue weighted by atomic mass is 9.94. The van der Waals surface area contributed by atoms with E-state index in [0.717, 1.165) is 11.3 Å². The van der Waals surface area contributed by atoms with E-state index in [4.69, 9.17) is 14.2 Å². The number of ketones is 1. The largest absolute Gasteiger partial charge is 0.507 e. The van der Waals surface area contributed by atoms with Gasteiger partial charge in [-0.1, -0.05) is 24.3 Å². The third kappa shape index (κ3) is 4.95. The molecule has 0 radical (unpaired) electrons. The fourth-order valence-corrected chi connectivity index (χ4v) is 4.41. The van der Waals surface area contributed by atoms with E-state index in [9.17, 15) is 14.7 Å². The van der Waals surface area contributed by atoms with E-state index in [1.54, 1.807) is 37.4 Å². The zero-order chi connectivity index (χ0) is 26.7. The van der Waals surface area contributed by atoms with Crippen molar-refractivity contribution < 1.29 is 28.9 Å². The number of anilines is 1. The summed E-state index contributed by atoms with van der Waals surface area (Å²) in [5.41, 5.74) is 2.86. The molecule has 1 aliphatic rings. The highest BCUT2D eigenvalue weighted by molar-refractivity contribution is 6.46. The first-order valence-corrected chi connectivity index (χ1v) is 11.7. The second-order valence-corrected chi connectivity index (χ2v) is 8.83. The van der Waals surface area contributed by atoms with Crippen LogP contribution in [0.15, 0.2) is 72.3 Å². The summed E-state index contributed by atoms with van der Waals surface area (Å²) in [7, 11) is 8.45. The van der Waals surface area contributed by atoms with Crippen LogP contribution < -0.4 is 19.1 Å². The number of amides is 1. The van der Waals surface area contributed by atoms with Crippen molar-refractivity contribution in [2.75, 3.05) is 40.3 Å². The number of rotatable bonds is 8. The molecule has 8 nitrogen and oxygen atoms in total. The molecule has 0 bridgehead atoms. The second kappa shape index (κ2) is 10.7. The highest BCUT2D eigenvalue weighted by atomic mass is 16.5. The maximum absolute atomic E-state index is 13.4. The highest BCUT2D eigenvalue weighted by Crippen LogP contribution is 2.41. The zero-order valence-corrected chi connectivity index (χ0v) is 21.5. The van der Waals surface area contributed by atoms with E-state index in [1.807, 2.05) is 55.4 Å². The Morgan fingerprint density at radius 3 is 2.08 bits per heavy atom. The lowest BCUT2D eigenvalue weighted by molar-refractivity contribution is -0.140. The van der Waals surface area contributed by atoms with Gasteiger partial charge >= 0.3 is 0 Å². The first-order chi connectivity index (χ1) is 17.8. The van der Waals surface area contributed by atoms with Crippen LogP contribution in [0.3, 0.4) is 0 Å². The smallest absolute Gasteiger partial charge is 0.295 e. The van der Waals surface area contributed by atoms with Gasteiger partial charge in [-0.05, 0) is 53.6 Å². The molecule has 1 fully saturated rings. The van der Waals surface area contributed by atoms with E-state index < -0.39 is 17.7 Å². The summed E-state index contributed by atoms with van der Waals surface area (Å²) in [5.74, 6) is -0.143. The van der Waals surface area contributed by atoms with Crippen molar-refractivity contribution in [1.29, 1.82) is 0 Å². The molecular weight excluding hydrogens is 472 g/mol. The van der Waals surface area contributed by atoms with Crippen LogP contribution in [0.5, 0.6) is 17.2 Å². The molecule has 3 aromatic rings. The number of hydrogen-bond donors (Lipinski definition) is 1. The number of aliphatic hydroxyl groups is 1. The maximum Gasteiger partial charge on any atom is 0.295 e. The molecule has 192 valence electrons. The van der Waals surface area contributed by atoms with Gasteiger partial charge in [-0.15, -0.1) is 0 Å². The number of methoxy groups -OCH3 is 3. The van der Waals surface area contributed by atoms with Crippen LogP contribution >= 0.6 is 0 Å². The summed E-state index contributed by atoms with van der Waals surface area (Å²) in [4.78, 5) is 30.1. The Kier molecular flexibility index (Phi) is 7.38. The molecule has 37 heavy (non-hydrogen) atoms. The van der Waals surface area contributed by atoms with Crippen LogP contribution in [0.4, 0.5) is 5.69 Å². The molecule has 4 rings (SSSR count). The Morgan fingerprint density at radius 2 is 1.51 bits per heavy atom. The molecule has 1 aliphatic heterocycles. The van der Waals surface area contributed by atoms with Crippen LogP contribution in [0.2, 0.25) is 0 Å². The average Bonchev–Trinajstić information content (AvgIpc) is 3.17. The van der Waals surface area contributed by atoms with Gasteiger partial charge in [0.25, 0.3) is 11.7 Å². The zero-order valence-electron chi connectivity index (χ0n) is 21.5. The van der Waals surface area contributed by atoms with Gasteiger partial charge in [-0.2, -0.15) is 0 Å². The summed E-state index contributed by atoms with van der Waals surface area (Å²) >= 11 is 0. The SMILES string of the molecule is COc1ccc(CN2C(=O)C(=O)/C(=C(\O)c3ccc(OC)c(OC)c3)C2c2ccc(N(C)C)cc2)cc1. The Morgan fingerprint density at radius 1 is 0.865 bits per heavy atom. The monoisotopic (exact) mass is 502 g/mol. The van der Waals surface area contributed by atoms with Gasteiger partial charge in [-0.3, -0.25) is 9.59 Å². The Bertz CT molecular complexity index is 1330. The van der Waals surface area contributed by atoms with Gasteiger partial charge in [-0.25, -0.2) is 0 Å². The maximum atomic E-state index is 13.4. The van der Waals surface area contributed by atoms with Crippen molar-refractivity contribution in [2.45, 2.75) is 12.6 Å². The first kappa shape index (κ1) is 25.6. The molecule has 0 aromatic heterocycles. The van der Waals surface area contributed by atoms with Gasteiger partial charge in [0.05, 0.1) is 32.9 Å². The molecule has 0 spiro atoms. The third-order valence-electron chi connectivity index (χ3n) is 6.43. The van der Waals surface area contributed by atoms with E-state index in [0.29, 0.717) is 28.4 Å². The summed E-state index contributed by atoms with van der Waals surface area (Å²) in [5, 5.41) is 11.4. The number of carbonyl (C=O) groups excluding carboxylic acids is 2. The topological polar surface area (TPSA) is 88.5 Å². The quantitative estimate of drug-likeness (QED) is 0.277. The molecule has 0 saturated carbocycles. The van der Waals surface area contributed by atoms with Crippen molar-refractivity contribution in [2.24, 2.45) is 0 Å². The number of Topliss-reactive ketones (excluding diaryl/α,β-unsaturated/α-hetero) is 1. The van der Waals surface area contributed by atoms with Gasteiger partial charge in [0, 0.05) is 31.9 Å². The van der Waals surface area contributed by atoms with E-state index in [1.165, 1.54) is 19.1 Å². The molecule has 8 heteroatoms. The van der Waals surface area contributed by atoms with Crippen molar-refractivity contribution in [3.8, 4) is 17.2 Å². The van der Waals surface area contributed by atoms with Crippen LogP contribution in [-0.4, -0.2) is 57.1 Å². The Labute approximate surface area is 216 Å². The van der Waals surface area contributed by atoms with Crippen molar-refractivity contribution in [3.63, 3.8) is 0 Å². The standard InChI is InChI=1S/C29H30N2O6/c1-30(2)21-11-8-19(9-12-21)26-25(27(32)20-10-15-23(36-4)24(16-20)37-5)28(33)29(34)31(26)17-18-6-13-22(35-3)14-7-18/h6-16,26,32H,17H2,1-5H3/b27-25-. The molecule has 1 heterocycles. The van der Waals surface area contributed by atoms with E-state index in [2.05, 4.69) is 0 Å². The van der Waals surface area contributed by atoms with Crippen LogP contribution in [-0.2, 0) is 16.1 Å². The number of carbonyl (C=O) groups is 2. The molecule has 1 unspecified atom stereocenters. The number of benzene rings is 3. The molecule has 1 saturated heterocycles. The number of hydrogen-bond acceptors (Lipinski definition) is 7. The highest BCUT2D eigenvalue weighted by Gasteiger charge is 2.46. The van der Waals surface area contributed by atoms with E-state index >= 15 is 0 Å². The minimum absolute atomic E-state index is 0.0170. The van der Waals surface area contributed by atoms with Crippen molar-refractivity contribution >= 4 is 23.1 Å². The van der Waals surface area contributed by atoms with Gasteiger partial charge in [0.1, 0.15) is 11.5 Å². The molecule has 1 N–H and O–H groups in total. The minimum Gasteiger partial charge on any atom is -0.507 e. The number of ether oxygens (including phenoxy) is 3. The predicted molar refractivity (Wildman–Crippen MR) is 141 cm³/mol. The third-order valence-corrected chi connectivity index (χ3v) is 6.43. The van der Waals surface area contributed by atoms with Crippen molar-refractivity contribution in [1.82, 2.24) is 4.90 Å².